The Balaban J connectivity index is 2.35. The Morgan fingerprint density at radius 2 is 1.73 bits per heavy atom. The molecule has 1 fully saturated rings. The number of hydrogen-bond donors (Lipinski definition) is 2. The topological polar surface area (TPSA) is 60.8 Å². The highest BCUT2D eigenvalue weighted by atomic mass is 16.4. The normalized spacial score (nSPS) is 18.6. The predicted octanol–water partition coefficient (Wildman–Crippen LogP) is 3.64. The van der Waals surface area contributed by atoms with Gasteiger partial charge in [-0.15, -0.1) is 5.92 Å². The van der Waals surface area contributed by atoms with Crippen LogP contribution < -0.4 is 0 Å². The van der Waals surface area contributed by atoms with Gasteiger partial charge in [-0.3, -0.25) is 4.90 Å². The summed E-state index contributed by atoms with van der Waals surface area (Å²) < 4.78 is 0. The lowest BCUT2D eigenvalue weighted by atomic mass is 9.59. The van der Waals surface area contributed by atoms with Crippen LogP contribution >= 0.6 is 0 Å². The van der Waals surface area contributed by atoms with Gasteiger partial charge in [-0.2, -0.15) is 0 Å². The van der Waals surface area contributed by atoms with Crippen molar-refractivity contribution in [2.24, 2.45) is 5.41 Å². The summed E-state index contributed by atoms with van der Waals surface area (Å²) in [5, 5.41) is 21.5. The molecule has 0 heterocycles. The molecular formula is C22H31NO3. The Labute approximate surface area is 157 Å². The van der Waals surface area contributed by atoms with Crippen LogP contribution in [0.3, 0.4) is 0 Å². The number of rotatable bonds is 7. The van der Waals surface area contributed by atoms with Crippen molar-refractivity contribution in [1.82, 2.24) is 4.90 Å². The van der Waals surface area contributed by atoms with Crippen LogP contribution in [-0.2, 0) is 10.4 Å². The van der Waals surface area contributed by atoms with Crippen LogP contribution in [-0.4, -0.2) is 40.7 Å². The second-order valence-corrected chi connectivity index (χ2v) is 7.21. The van der Waals surface area contributed by atoms with E-state index in [0.29, 0.717) is 31.4 Å². The van der Waals surface area contributed by atoms with Crippen molar-refractivity contribution >= 4 is 5.97 Å². The number of benzene rings is 1. The lowest BCUT2D eigenvalue weighted by molar-refractivity contribution is -0.182. The van der Waals surface area contributed by atoms with Crippen molar-refractivity contribution in [3.63, 3.8) is 0 Å². The molecule has 1 aromatic carbocycles. The number of carboxylic acid groups (broad SMARTS) is 1. The van der Waals surface area contributed by atoms with Gasteiger partial charge in [-0.1, -0.05) is 69.4 Å². The first-order chi connectivity index (χ1) is 12.5. The molecule has 0 aliphatic heterocycles. The fourth-order valence-electron chi connectivity index (χ4n) is 4.08. The third-order valence-electron chi connectivity index (χ3n) is 5.83. The highest BCUT2D eigenvalue weighted by Crippen LogP contribution is 2.52. The van der Waals surface area contributed by atoms with Gasteiger partial charge in [0.15, 0.2) is 5.60 Å². The number of hydrogen-bond acceptors (Lipinski definition) is 3. The zero-order valence-corrected chi connectivity index (χ0v) is 16.0. The molecule has 142 valence electrons. The highest BCUT2D eigenvalue weighted by molar-refractivity contribution is 5.80. The van der Waals surface area contributed by atoms with Crippen LogP contribution in [0, 0.1) is 17.3 Å². The number of carboxylic acids is 1. The van der Waals surface area contributed by atoms with Gasteiger partial charge in [0.2, 0.25) is 0 Å². The average molecular weight is 357 g/mol. The van der Waals surface area contributed by atoms with E-state index in [-0.39, 0.29) is 0 Å². The van der Waals surface area contributed by atoms with E-state index in [1.165, 1.54) is 0 Å². The Bertz CT molecular complexity index is 636. The molecule has 2 rings (SSSR count). The molecule has 0 radical (unpaired) electrons. The van der Waals surface area contributed by atoms with Crippen molar-refractivity contribution in [2.75, 3.05) is 19.6 Å². The van der Waals surface area contributed by atoms with Crippen LogP contribution in [0.15, 0.2) is 30.3 Å². The summed E-state index contributed by atoms with van der Waals surface area (Å²) >= 11 is 0. The van der Waals surface area contributed by atoms with E-state index < -0.39 is 17.0 Å². The van der Waals surface area contributed by atoms with Crippen LogP contribution in [0.5, 0.6) is 0 Å². The Morgan fingerprint density at radius 3 is 2.27 bits per heavy atom. The highest BCUT2D eigenvalue weighted by Gasteiger charge is 2.56. The van der Waals surface area contributed by atoms with E-state index in [4.69, 9.17) is 0 Å². The Hall–Kier alpha value is -1.83. The minimum Gasteiger partial charge on any atom is -0.479 e. The molecule has 0 bridgehead atoms. The van der Waals surface area contributed by atoms with Crippen molar-refractivity contribution < 1.29 is 15.0 Å². The van der Waals surface area contributed by atoms with Crippen molar-refractivity contribution in [1.29, 1.82) is 0 Å². The Morgan fingerprint density at radius 1 is 1.12 bits per heavy atom. The lowest BCUT2D eigenvalue weighted by Crippen LogP contribution is -2.52. The summed E-state index contributed by atoms with van der Waals surface area (Å²) in [6.07, 6.45) is 4.72. The molecule has 4 heteroatoms. The van der Waals surface area contributed by atoms with Gasteiger partial charge in [0.25, 0.3) is 0 Å². The fourth-order valence-corrected chi connectivity index (χ4v) is 4.08. The molecule has 4 nitrogen and oxygen atoms in total. The number of aliphatic carboxylic acids is 1. The van der Waals surface area contributed by atoms with Crippen LogP contribution in [0.25, 0.3) is 0 Å². The fraction of sp³-hybridized carbons (Fsp3) is 0.591. The standard InChI is InChI=1S/C22H31NO3/c1-3-23(4-2)18-12-11-17-21(15-9-6-10-16-21)22(26,20(24)25)19-13-7-5-8-14-19/h5,7-8,13-14,26H,3-4,6,9-10,15-18H2,1-2H3,(H,24,25). The zero-order chi connectivity index (χ0) is 19.0. The van der Waals surface area contributed by atoms with Crippen LogP contribution in [0.2, 0.25) is 0 Å². The zero-order valence-electron chi connectivity index (χ0n) is 16.0. The molecule has 0 saturated heterocycles. The minimum atomic E-state index is -1.90. The number of aliphatic hydroxyl groups is 1. The summed E-state index contributed by atoms with van der Waals surface area (Å²) in [5.41, 5.74) is -2.19. The number of carbonyl (C=O) groups is 1. The molecule has 26 heavy (non-hydrogen) atoms. The van der Waals surface area contributed by atoms with Crippen LogP contribution in [0.4, 0.5) is 0 Å². The number of nitrogens with zero attached hydrogens (tertiary/aromatic N) is 1. The molecule has 0 amide bonds. The van der Waals surface area contributed by atoms with Gasteiger partial charge >= 0.3 is 5.97 Å². The molecule has 1 unspecified atom stereocenters. The average Bonchev–Trinajstić information content (AvgIpc) is 2.68. The third-order valence-corrected chi connectivity index (χ3v) is 5.83. The summed E-state index contributed by atoms with van der Waals surface area (Å²) in [4.78, 5) is 14.5. The van der Waals surface area contributed by atoms with Gasteiger partial charge in [0.05, 0.1) is 6.54 Å². The van der Waals surface area contributed by atoms with Crippen molar-refractivity contribution in [3.05, 3.63) is 35.9 Å². The smallest absolute Gasteiger partial charge is 0.341 e. The molecule has 0 spiro atoms. The largest absolute Gasteiger partial charge is 0.479 e. The molecular weight excluding hydrogens is 326 g/mol. The summed E-state index contributed by atoms with van der Waals surface area (Å²) in [7, 11) is 0. The van der Waals surface area contributed by atoms with Crippen molar-refractivity contribution in [2.45, 2.75) is 58.0 Å². The maximum atomic E-state index is 12.3. The molecule has 0 aromatic heterocycles. The predicted molar refractivity (Wildman–Crippen MR) is 104 cm³/mol. The van der Waals surface area contributed by atoms with E-state index in [0.717, 1.165) is 32.4 Å². The van der Waals surface area contributed by atoms with Gasteiger partial charge < -0.3 is 10.2 Å². The molecule has 1 aliphatic rings. The van der Waals surface area contributed by atoms with Gasteiger partial charge in [-0.25, -0.2) is 4.79 Å². The van der Waals surface area contributed by atoms with E-state index >= 15 is 0 Å². The van der Waals surface area contributed by atoms with E-state index in [1.807, 2.05) is 6.07 Å². The lowest BCUT2D eigenvalue weighted by Gasteiger charge is -2.46. The van der Waals surface area contributed by atoms with E-state index in [9.17, 15) is 15.0 Å². The third kappa shape index (κ3) is 4.11. The van der Waals surface area contributed by atoms with E-state index in [2.05, 4.69) is 30.6 Å². The first-order valence-corrected chi connectivity index (χ1v) is 9.69. The first-order valence-electron chi connectivity index (χ1n) is 9.69. The second kappa shape index (κ2) is 9.21. The van der Waals surface area contributed by atoms with Crippen molar-refractivity contribution in [3.8, 4) is 11.8 Å². The van der Waals surface area contributed by atoms with Gasteiger partial charge in [-0.05, 0) is 31.5 Å². The maximum absolute atomic E-state index is 12.3. The monoisotopic (exact) mass is 357 g/mol. The molecule has 1 saturated carbocycles. The summed E-state index contributed by atoms with van der Waals surface area (Å²) in [5.74, 6) is 5.23. The molecule has 1 atom stereocenters. The van der Waals surface area contributed by atoms with Gasteiger partial charge in [0, 0.05) is 11.8 Å². The first kappa shape index (κ1) is 20.5. The van der Waals surface area contributed by atoms with Crippen LogP contribution in [0.1, 0.15) is 57.9 Å². The molecule has 2 N–H and O–H groups in total. The SMILES string of the molecule is CCN(CC)CC#CCC1(C(O)(C(=O)O)c2ccccc2)CCCCC1. The Kier molecular flexibility index (Phi) is 7.25. The maximum Gasteiger partial charge on any atom is 0.341 e. The van der Waals surface area contributed by atoms with Gasteiger partial charge in [0.1, 0.15) is 0 Å². The second-order valence-electron chi connectivity index (χ2n) is 7.21. The molecule has 1 aliphatic carbocycles. The summed E-state index contributed by atoms with van der Waals surface area (Å²) in [6, 6.07) is 8.84. The molecule has 1 aromatic rings. The minimum absolute atomic E-state index is 0.409. The van der Waals surface area contributed by atoms with E-state index in [1.54, 1.807) is 24.3 Å². The quantitative estimate of drug-likeness (QED) is 0.732. The summed E-state index contributed by atoms with van der Waals surface area (Å²) in [6.45, 7) is 6.78.